The molecule has 0 aliphatic rings. The minimum atomic E-state index is -0.756. The number of carbonyl (C=O) groups is 4. The maximum absolute atomic E-state index is 13.4. The Hall–Kier alpha value is -5.84. The number of urea groups is 1. The number of methoxy groups -OCH3 is 2. The molecule has 250 valence electrons. The molecule has 1 unspecified atom stereocenters. The van der Waals surface area contributed by atoms with E-state index in [1.807, 2.05) is 31.2 Å². The summed E-state index contributed by atoms with van der Waals surface area (Å²) in [6.07, 6.45) is -0.115. The van der Waals surface area contributed by atoms with Gasteiger partial charge in [-0.25, -0.2) is 9.59 Å². The molecule has 4 aromatic rings. The molecule has 0 spiro atoms. The molecule has 4 rings (SSSR count). The van der Waals surface area contributed by atoms with E-state index in [4.69, 9.17) is 14.2 Å². The number of benzene rings is 4. The molecule has 4 N–H and O–H groups in total. The minimum Gasteiger partial charge on any atom is -0.493 e. The van der Waals surface area contributed by atoms with Crippen molar-refractivity contribution in [2.24, 2.45) is 0 Å². The highest BCUT2D eigenvalue weighted by molar-refractivity contribution is 6.00. The number of amides is 4. The molecule has 1 atom stereocenters. The SMILES string of the molecule is COc1ccc(C(CC(=O)Nc2ccc(NC(=O)Nc3ccccc3C)cc2)NC(=O)c2ccc(C(=O)OC(C)(C)C)cc2)cc1OC. The van der Waals surface area contributed by atoms with Gasteiger partial charge in [-0.1, -0.05) is 24.3 Å². The van der Waals surface area contributed by atoms with Gasteiger partial charge in [0.05, 0.1) is 32.2 Å². The Balaban J connectivity index is 1.45. The average Bonchev–Trinajstić information content (AvgIpc) is 3.05. The van der Waals surface area contributed by atoms with Gasteiger partial charge in [-0.15, -0.1) is 0 Å². The predicted molar refractivity (Wildman–Crippen MR) is 185 cm³/mol. The highest BCUT2D eigenvalue weighted by Gasteiger charge is 2.23. The number of esters is 1. The summed E-state index contributed by atoms with van der Waals surface area (Å²) >= 11 is 0. The number of carbonyl (C=O) groups excluding carboxylic acids is 4. The first-order chi connectivity index (χ1) is 22.8. The van der Waals surface area contributed by atoms with Gasteiger partial charge >= 0.3 is 12.0 Å². The Labute approximate surface area is 280 Å². The van der Waals surface area contributed by atoms with E-state index in [0.29, 0.717) is 45.3 Å². The van der Waals surface area contributed by atoms with Crippen molar-refractivity contribution >= 4 is 40.9 Å². The van der Waals surface area contributed by atoms with E-state index in [2.05, 4.69) is 21.3 Å². The third-order valence-electron chi connectivity index (χ3n) is 7.11. The summed E-state index contributed by atoms with van der Waals surface area (Å²) in [6.45, 7) is 7.23. The predicted octanol–water partition coefficient (Wildman–Crippen LogP) is 7.11. The molecule has 4 aromatic carbocycles. The first-order valence-electron chi connectivity index (χ1n) is 15.2. The third kappa shape index (κ3) is 9.83. The van der Waals surface area contributed by atoms with Crippen LogP contribution in [0, 0.1) is 6.92 Å². The first-order valence-corrected chi connectivity index (χ1v) is 15.2. The fourth-order valence-corrected chi connectivity index (χ4v) is 4.69. The van der Waals surface area contributed by atoms with E-state index >= 15 is 0 Å². The van der Waals surface area contributed by atoms with Gasteiger partial charge in [-0.05, 0) is 106 Å². The van der Waals surface area contributed by atoms with Crippen molar-refractivity contribution in [1.82, 2.24) is 5.32 Å². The number of rotatable bonds is 11. The van der Waals surface area contributed by atoms with E-state index < -0.39 is 29.6 Å². The number of ether oxygens (including phenoxy) is 3. The molecule has 0 aliphatic carbocycles. The van der Waals surface area contributed by atoms with Gasteiger partial charge in [0.1, 0.15) is 5.60 Å². The van der Waals surface area contributed by atoms with E-state index in [1.165, 1.54) is 38.5 Å². The van der Waals surface area contributed by atoms with Crippen molar-refractivity contribution in [3.63, 3.8) is 0 Å². The first kappa shape index (κ1) is 35.0. The second-order valence-corrected chi connectivity index (χ2v) is 11.9. The van der Waals surface area contributed by atoms with Crippen LogP contribution in [0.3, 0.4) is 0 Å². The smallest absolute Gasteiger partial charge is 0.338 e. The normalized spacial score (nSPS) is 11.5. The molecule has 0 heterocycles. The lowest BCUT2D eigenvalue weighted by atomic mass is 10.0. The fraction of sp³-hybridized carbons (Fsp3) is 0.243. The van der Waals surface area contributed by atoms with Crippen molar-refractivity contribution < 1.29 is 33.4 Å². The Morgan fingerprint density at radius 3 is 1.92 bits per heavy atom. The Kier molecular flexibility index (Phi) is 11.4. The lowest BCUT2D eigenvalue weighted by molar-refractivity contribution is -0.116. The van der Waals surface area contributed by atoms with Crippen LogP contribution in [-0.4, -0.2) is 43.6 Å². The lowest BCUT2D eigenvalue weighted by Crippen LogP contribution is -2.31. The highest BCUT2D eigenvalue weighted by Crippen LogP contribution is 2.31. The van der Waals surface area contributed by atoms with Crippen LogP contribution in [0.1, 0.15) is 65.1 Å². The maximum Gasteiger partial charge on any atom is 0.338 e. The molecule has 0 fully saturated rings. The van der Waals surface area contributed by atoms with Crippen molar-refractivity contribution in [2.45, 2.75) is 45.8 Å². The summed E-state index contributed by atoms with van der Waals surface area (Å²) in [5.41, 5.74) is 3.23. The zero-order valence-electron chi connectivity index (χ0n) is 27.8. The molecule has 48 heavy (non-hydrogen) atoms. The van der Waals surface area contributed by atoms with Crippen LogP contribution in [0.2, 0.25) is 0 Å². The summed E-state index contributed by atoms with van der Waals surface area (Å²) in [6, 6.07) is 24.2. The van der Waals surface area contributed by atoms with Crippen LogP contribution in [0.5, 0.6) is 11.5 Å². The molecule has 0 saturated carbocycles. The minimum absolute atomic E-state index is 0.115. The Morgan fingerprint density at radius 2 is 1.31 bits per heavy atom. The van der Waals surface area contributed by atoms with Crippen LogP contribution in [0.4, 0.5) is 21.9 Å². The van der Waals surface area contributed by atoms with Crippen molar-refractivity contribution in [1.29, 1.82) is 0 Å². The van der Waals surface area contributed by atoms with Gasteiger partial charge in [-0.2, -0.15) is 0 Å². The largest absolute Gasteiger partial charge is 0.493 e. The third-order valence-corrected chi connectivity index (χ3v) is 7.11. The number of anilines is 3. The van der Waals surface area contributed by atoms with Crippen molar-refractivity contribution in [3.05, 3.63) is 113 Å². The zero-order valence-corrected chi connectivity index (χ0v) is 27.8. The molecular weight excluding hydrogens is 612 g/mol. The highest BCUT2D eigenvalue weighted by atomic mass is 16.6. The van der Waals surface area contributed by atoms with Crippen LogP contribution < -0.4 is 30.7 Å². The second kappa shape index (κ2) is 15.6. The van der Waals surface area contributed by atoms with Crippen LogP contribution in [0.25, 0.3) is 0 Å². The van der Waals surface area contributed by atoms with Crippen LogP contribution in [-0.2, 0) is 9.53 Å². The molecule has 0 aromatic heterocycles. The molecule has 0 bridgehead atoms. The fourth-order valence-electron chi connectivity index (χ4n) is 4.69. The summed E-state index contributed by atoms with van der Waals surface area (Å²) in [5, 5.41) is 11.4. The zero-order chi connectivity index (χ0) is 34.8. The van der Waals surface area contributed by atoms with Gasteiger partial charge in [0.2, 0.25) is 5.91 Å². The van der Waals surface area contributed by atoms with Crippen molar-refractivity contribution in [3.8, 4) is 11.5 Å². The lowest BCUT2D eigenvalue weighted by Gasteiger charge is -2.21. The quantitative estimate of drug-likeness (QED) is 0.126. The maximum atomic E-state index is 13.4. The van der Waals surface area contributed by atoms with Gasteiger partial charge in [0.25, 0.3) is 5.91 Å². The summed E-state index contributed by atoms with van der Waals surface area (Å²) < 4.78 is 16.2. The standard InChI is InChI=1S/C37H40N4O7/c1-23-9-7-8-10-29(23)41-36(45)39-28-18-16-27(17-19-28)38-33(42)22-30(26-15-20-31(46-5)32(21-26)47-6)40-34(43)24-11-13-25(14-12-24)35(44)48-37(2,3)4/h7-21,30H,22H2,1-6H3,(H,38,42)(H,40,43)(H2,39,41,45). The second-order valence-electron chi connectivity index (χ2n) is 11.9. The molecule has 11 nitrogen and oxygen atoms in total. The van der Waals surface area contributed by atoms with E-state index in [0.717, 1.165) is 5.56 Å². The number of aryl methyl sites for hydroxylation is 1. The van der Waals surface area contributed by atoms with Crippen LogP contribution >= 0.6 is 0 Å². The van der Waals surface area contributed by atoms with Crippen LogP contribution in [0.15, 0.2) is 91.0 Å². The number of hydrogen-bond acceptors (Lipinski definition) is 7. The number of nitrogens with one attached hydrogen (secondary N) is 4. The van der Waals surface area contributed by atoms with Gasteiger partial charge in [0, 0.05) is 22.6 Å². The number of hydrogen-bond donors (Lipinski definition) is 4. The molecule has 0 aliphatic heterocycles. The molecule has 0 saturated heterocycles. The van der Waals surface area contributed by atoms with E-state index in [-0.39, 0.29) is 12.3 Å². The monoisotopic (exact) mass is 652 g/mol. The summed E-state index contributed by atoms with van der Waals surface area (Å²) in [4.78, 5) is 51.5. The van der Waals surface area contributed by atoms with Crippen molar-refractivity contribution in [2.75, 3.05) is 30.2 Å². The molecule has 4 amide bonds. The van der Waals surface area contributed by atoms with Gasteiger partial charge in [-0.3, -0.25) is 9.59 Å². The Morgan fingerprint density at radius 1 is 0.708 bits per heavy atom. The summed E-state index contributed by atoms with van der Waals surface area (Å²) in [7, 11) is 3.02. The van der Waals surface area contributed by atoms with Gasteiger partial charge in [0.15, 0.2) is 11.5 Å². The average molecular weight is 653 g/mol. The van der Waals surface area contributed by atoms with Gasteiger partial charge < -0.3 is 35.5 Å². The van der Waals surface area contributed by atoms with E-state index in [1.54, 1.807) is 63.2 Å². The number of para-hydroxylation sites is 1. The molecule has 0 radical (unpaired) electrons. The molecule has 11 heteroatoms. The molecular formula is C37H40N4O7. The Bertz CT molecular complexity index is 1760. The summed E-state index contributed by atoms with van der Waals surface area (Å²) in [5.74, 6) is -0.379. The van der Waals surface area contributed by atoms with E-state index in [9.17, 15) is 19.2 Å². The topological polar surface area (TPSA) is 144 Å².